The number of fused-ring (bicyclic) bond motifs is 1. The second-order valence-corrected chi connectivity index (χ2v) is 5.34. The lowest BCUT2D eigenvalue weighted by atomic mass is 10.1. The minimum absolute atomic E-state index is 0.238. The van der Waals surface area contributed by atoms with Crippen LogP contribution >= 0.6 is 0 Å². The summed E-state index contributed by atoms with van der Waals surface area (Å²) in [4.78, 5) is 19.1. The van der Waals surface area contributed by atoms with E-state index in [9.17, 15) is 18.0 Å². The Bertz CT molecular complexity index is 853. The lowest BCUT2D eigenvalue weighted by molar-refractivity contribution is -0.137. The van der Waals surface area contributed by atoms with Crippen LogP contribution in [0.15, 0.2) is 48.8 Å². The van der Waals surface area contributed by atoms with Crippen molar-refractivity contribution >= 4 is 16.9 Å². The van der Waals surface area contributed by atoms with Gasteiger partial charge in [0.25, 0.3) is 5.91 Å². The number of amides is 1. The summed E-state index contributed by atoms with van der Waals surface area (Å²) in [7, 11) is 0. The van der Waals surface area contributed by atoms with E-state index in [1.165, 1.54) is 12.1 Å². The van der Waals surface area contributed by atoms with Gasteiger partial charge >= 0.3 is 6.18 Å². The van der Waals surface area contributed by atoms with Gasteiger partial charge < -0.3 is 10.3 Å². The molecule has 0 saturated carbocycles. The van der Waals surface area contributed by atoms with Crippen LogP contribution in [0.25, 0.3) is 11.0 Å². The number of hydrogen-bond donors (Lipinski definition) is 2. The lowest BCUT2D eigenvalue weighted by Crippen LogP contribution is -2.25. The molecule has 124 valence electrons. The molecule has 0 saturated heterocycles. The second-order valence-electron chi connectivity index (χ2n) is 5.34. The summed E-state index contributed by atoms with van der Waals surface area (Å²) < 4.78 is 37.5. The first-order valence-corrected chi connectivity index (χ1v) is 7.31. The molecular weight excluding hydrogens is 319 g/mol. The summed E-state index contributed by atoms with van der Waals surface area (Å²) >= 11 is 0. The highest BCUT2D eigenvalue weighted by Gasteiger charge is 2.29. The Hall–Kier alpha value is -2.83. The minimum atomic E-state index is -4.34. The van der Waals surface area contributed by atoms with Crippen molar-refractivity contribution in [1.82, 2.24) is 15.3 Å². The van der Waals surface area contributed by atoms with Crippen LogP contribution in [0.2, 0.25) is 0 Å². The SMILES string of the molecule is O=C(NCCc1ccc(C(F)(F)F)cc1)c1ccc2nc[nH]c2c1. The summed E-state index contributed by atoms with van der Waals surface area (Å²) in [6.45, 7) is 0.339. The molecule has 0 bridgehead atoms. The van der Waals surface area contributed by atoms with Crippen molar-refractivity contribution in [3.63, 3.8) is 0 Å². The van der Waals surface area contributed by atoms with Crippen LogP contribution in [-0.2, 0) is 12.6 Å². The number of carbonyl (C=O) groups excluding carboxylic acids is 1. The molecule has 2 aromatic carbocycles. The number of nitrogens with zero attached hydrogens (tertiary/aromatic N) is 1. The summed E-state index contributed by atoms with van der Waals surface area (Å²) in [5, 5.41) is 2.75. The van der Waals surface area contributed by atoms with E-state index in [-0.39, 0.29) is 5.91 Å². The molecule has 4 nitrogen and oxygen atoms in total. The van der Waals surface area contributed by atoms with Crippen LogP contribution in [-0.4, -0.2) is 22.4 Å². The van der Waals surface area contributed by atoms with Gasteiger partial charge in [-0.05, 0) is 42.3 Å². The Kier molecular flexibility index (Phi) is 4.24. The van der Waals surface area contributed by atoms with E-state index in [1.54, 1.807) is 24.5 Å². The smallest absolute Gasteiger partial charge is 0.352 e. The predicted octanol–water partition coefficient (Wildman–Crippen LogP) is 3.55. The molecular formula is C17H14F3N3O. The summed E-state index contributed by atoms with van der Waals surface area (Å²) in [5.41, 5.74) is 2.09. The molecule has 24 heavy (non-hydrogen) atoms. The van der Waals surface area contributed by atoms with Crippen molar-refractivity contribution in [1.29, 1.82) is 0 Å². The Morgan fingerprint density at radius 2 is 1.88 bits per heavy atom. The van der Waals surface area contributed by atoms with Crippen molar-refractivity contribution in [3.05, 3.63) is 65.5 Å². The molecule has 3 aromatic rings. The van der Waals surface area contributed by atoms with Crippen LogP contribution < -0.4 is 5.32 Å². The van der Waals surface area contributed by atoms with Crippen LogP contribution in [0.3, 0.4) is 0 Å². The van der Waals surface area contributed by atoms with Gasteiger partial charge in [0.05, 0.1) is 22.9 Å². The molecule has 3 rings (SSSR count). The van der Waals surface area contributed by atoms with E-state index in [0.717, 1.165) is 28.7 Å². The van der Waals surface area contributed by atoms with Crippen LogP contribution in [0.5, 0.6) is 0 Å². The fraction of sp³-hybridized carbons (Fsp3) is 0.176. The number of aromatic nitrogens is 2. The number of benzene rings is 2. The van der Waals surface area contributed by atoms with Gasteiger partial charge in [-0.2, -0.15) is 13.2 Å². The van der Waals surface area contributed by atoms with E-state index in [4.69, 9.17) is 0 Å². The fourth-order valence-corrected chi connectivity index (χ4v) is 2.36. The van der Waals surface area contributed by atoms with Crippen molar-refractivity contribution in [2.24, 2.45) is 0 Å². The van der Waals surface area contributed by atoms with Crippen LogP contribution in [0.1, 0.15) is 21.5 Å². The maximum atomic E-state index is 12.5. The number of alkyl halides is 3. The van der Waals surface area contributed by atoms with Gasteiger partial charge in [-0.15, -0.1) is 0 Å². The van der Waals surface area contributed by atoms with E-state index < -0.39 is 11.7 Å². The second kappa shape index (κ2) is 6.35. The van der Waals surface area contributed by atoms with Crippen LogP contribution in [0.4, 0.5) is 13.2 Å². The molecule has 0 aliphatic heterocycles. The zero-order valence-electron chi connectivity index (χ0n) is 12.5. The number of hydrogen-bond acceptors (Lipinski definition) is 2. The molecule has 1 heterocycles. The van der Waals surface area contributed by atoms with Crippen molar-refractivity contribution in [3.8, 4) is 0 Å². The zero-order valence-corrected chi connectivity index (χ0v) is 12.5. The molecule has 0 unspecified atom stereocenters. The van der Waals surface area contributed by atoms with Gasteiger partial charge in [0.15, 0.2) is 0 Å². The number of carbonyl (C=O) groups is 1. The largest absolute Gasteiger partial charge is 0.416 e. The Morgan fingerprint density at radius 3 is 2.58 bits per heavy atom. The number of imidazole rings is 1. The maximum Gasteiger partial charge on any atom is 0.416 e. The molecule has 1 amide bonds. The van der Waals surface area contributed by atoms with E-state index in [1.807, 2.05) is 0 Å². The van der Waals surface area contributed by atoms with E-state index >= 15 is 0 Å². The highest BCUT2D eigenvalue weighted by atomic mass is 19.4. The summed E-state index contributed by atoms with van der Waals surface area (Å²) in [6, 6.07) is 10.1. The Balaban J connectivity index is 1.56. The topological polar surface area (TPSA) is 57.8 Å². The average Bonchev–Trinajstić information content (AvgIpc) is 3.02. The number of halogens is 3. The van der Waals surface area contributed by atoms with Gasteiger partial charge in [0, 0.05) is 12.1 Å². The fourth-order valence-electron chi connectivity index (χ4n) is 2.36. The van der Waals surface area contributed by atoms with Gasteiger partial charge in [-0.3, -0.25) is 4.79 Å². The van der Waals surface area contributed by atoms with Crippen molar-refractivity contribution in [2.45, 2.75) is 12.6 Å². The monoisotopic (exact) mass is 333 g/mol. The molecule has 0 atom stereocenters. The third kappa shape index (κ3) is 3.56. The Labute approximate surface area is 135 Å². The number of rotatable bonds is 4. The molecule has 1 aromatic heterocycles. The quantitative estimate of drug-likeness (QED) is 0.767. The number of nitrogens with one attached hydrogen (secondary N) is 2. The first-order valence-electron chi connectivity index (χ1n) is 7.31. The highest BCUT2D eigenvalue weighted by Crippen LogP contribution is 2.29. The molecule has 0 spiro atoms. The van der Waals surface area contributed by atoms with Crippen LogP contribution in [0, 0.1) is 0 Å². The molecule has 0 fully saturated rings. The zero-order chi connectivity index (χ0) is 17.2. The molecule has 0 aliphatic carbocycles. The van der Waals surface area contributed by atoms with Gasteiger partial charge in [0.1, 0.15) is 0 Å². The molecule has 0 aliphatic rings. The maximum absolute atomic E-state index is 12.5. The summed E-state index contributed by atoms with van der Waals surface area (Å²) in [6.07, 6.45) is -2.33. The molecule has 0 radical (unpaired) electrons. The first kappa shape index (κ1) is 16.0. The standard InChI is InChI=1S/C17H14F3N3O/c18-17(19,20)13-4-1-11(2-5-13)7-8-21-16(24)12-3-6-14-15(9-12)23-10-22-14/h1-6,9-10H,7-8H2,(H,21,24)(H,22,23). The lowest BCUT2D eigenvalue weighted by Gasteiger charge is -2.08. The molecule has 7 heteroatoms. The summed E-state index contributed by atoms with van der Waals surface area (Å²) in [5.74, 6) is -0.238. The van der Waals surface area contributed by atoms with E-state index in [2.05, 4.69) is 15.3 Å². The van der Waals surface area contributed by atoms with Crippen molar-refractivity contribution in [2.75, 3.05) is 6.54 Å². The molecule has 2 N–H and O–H groups in total. The first-order chi connectivity index (χ1) is 11.4. The Morgan fingerprint density at radius 1 is 1.12 bits per heavy atom. The van der Waals surface area contributed by atoms with Gasteiger partial charge in [-0.1, -0.05) is 12.1 Å². The number of aromatic amines is 1. The highest BCUT2D eigenvalue weighted by molar-refractivity contribution is 5.97. The minimum Gasteiger partial charge on any atom is -0.352 e. The average molecular weight is 333 g/mol. The van der Waals surface area contributed by atoms with E-state index in [0.29, 0.717) is 18.5 Å². The number of H-pyrrole nitrogens is 1. The third-order valence-electron chi connectivity index (χ3n) is 3.66. The van der Waals surface area contributed by atoms with Gasteiger partial charge in [0.2, 0.25) is 0 Å². The third-order valence-corrected chi connectivity index (χ3v) is 3.66. The van der Waals surface area contributed by atoms with Gasteiger partial charge in [-0.25, -0.2) is 4.98 Å². The van der Waals surface area contributed by atoms with Crippen molar-refractivity contribution < 1.29 is 18.0 Å². The normalized spacial score (nSPS) is 11.6. The predicted molar refractivity (Wildman–Crippen MR) is 83.6 cm³/mol.